The molecule has 0 aromatic heterocycles. The molecule has 8 rings (SSSR count). The number of hydrogen-bond acceptors (Lipinski definition) is 4. The second-order valence-corrected chi connectivity index (χ2v) is 12.7. The highest BCUT2D eigenvalue weighted by Gasteiger charge is 2.54. The van der Waals surface area contributed by atoms with Gasteiger partial charge in [-0.1, -0.05) is 78.9 Å². The summed E-state index contributed by atoms with van der Waals surface area (Å²) in [6.07, 6.45) is 0. The summed E-state index contributed by atoms with van der Waals surface area (Å²) in [6.45, 7) is 8.36. The summed E-state index contributed by atoms with van der Waals surface area (Å²) in [5.41, 5.74) is 9.29. The van der Waals surface area contributed by atoms with Crippen LogP contribution in [-0.4, -0.2) is 18.3 Å². The van der Waals surface area contributed by atoms with Gasteiger partial charge in [-0.15, -0.1) is 0 Å². The Balaban J connectivity index is 1.41. The molecule has 1 saturated heterocycles. The number of nitriles is 1. The second-order valence-electron chi connectivity index (χ2n) is 12.7. The Morgan fingerprint density at radius 3 is 1.95 bits per heavy atom. The van der Waals surface area contributed by atoms with E-state index in [1.807, 2.05) is 30.3 Å². The van der Waals surface area contributed by atoms with Crippen LogP contribution in [0.25, 0.3) is 22.3 Å². The van der Waals surface area contributed by atoms with E-state index in [0.717, 1.165) is 39.2 Å². The van der Waals surface area contributed by atoms with E-state index in [2.05, 4.69) is 113 Å². The van der Waals surface area contributed by atoms with Gasteiger partial charge in [0.05, 0.1) is 28.2 Å². The minimum Gasteiger partial charge on any atom is -0.457 e. The van der Waals surface area contributed by atoms with Crippen LogP contribution in [0, 0.1) is 11.3 Å². The molecular weight excluding hydrogens is 529 g/mol. The predicted molar refractivity (Wildman–Crippen MR) is 170 cm³/mol. The molecule has 1 aliphatic carbocycles. The van der Waals surface area contributed by atoms with Crippen LogP contribution < -0.4 is 10.2 Å². The summed E-state index contributed by atoms with van der Waals surface area (Å²) in [7, 11) is -0.476. The van der Waals surface area contributed by atoms with Crippen molar-refractivity contribution in [2.75, 3.05) is 0 Å². The first kappa shape index (κ1) is 26.0. The number of nitrogens with zero attached hydrogens (tertiary/aromatic N) is 1. The van der Waals surface area contributed by atoms with Crippen molar-refractivity contribution >= 4 is 12.6 Å². The zero-order valence-corrected chi connectivity index (χ0v) is 24.6. The van der Waals surface area contributed by atoms with Gasteiger partial charge in [0, 0.05) is 11.1 Å². The van der Waals surface area contributed by atoms with Crippen molar-refractivity contribution in [3.8, 4) is 39.8 Å². The summed E-state index contributed by atoms with van der Waals surface area (Å²) >= 11 is 0. The highest BCUT2D eigenvalue weighted by atomic mass is 16.7. The molecule has 0 N–H and O–H groups in total. The average molecular weight is 559 g/mol. The molecule has 0 radical (unpaired) electrons. The maximum atomic E-state index is 9.35. The zero-order valence-electron chi connectivity index (χ0n) is 24.6. The number of ether oxygens (including phenoxy) is 1. The third-order valence-corrected chi connectivity index (χ3v) is 9.84. The lowest BCUT2D eigenvalue weighted by Crippen LogP contribution is -2.41. The third-order valence-electron chi connectivity index (χ3n) is 9.84. The molecule has 5 aromatic rings. The maximum Gasteiger partial charge on any atom is 0.494 e. The van der Waals surface area contributed by atoms with Crippen molar-refractivity contribution in [2.24, 2.45) is 0 Å². The van der Waals surface area contributed by atoms with Gasteiger partial charge in [-0.05, 0) is 96.9 Å². The fraction of sp³-hybridized carbons (Fsp3) is 0.184. The van der Waals surface area contributed by atoms with Crippen molar-refractivity contribution in [1.82, 2.24) is 0 Å². The van der Waals surface area contributed by atoms with Crippen LogP contribution in [0.15, 0.2) is 109 Å². The smallest absolute Gasteiger partial charge is 0.457 e. The van der Waals surface area contributed by atoms with Crippen LogP contribution in [0.5, 0.6) is 11.5 Å². The molecule has 208 valence electrons. The Kier molecular flexibility index (Phi) is 5.41. The quantitative estimate of drug-likeness (QED) is 0.202. The molecule has 0 bridgehead atoms. The van der Waals surface area contributed by atoms with Crippen molar-refractivity contribution in [1.29, 1.82) is 5.26 Å². The van der Waals surface area contributed by atoms with Gasteiger partial charge in [0.25, 0.3) is 0 Å². The van der Waals surface area contributed by atoms with E-state index in [-0.39, 0.29) is 0 Å². The van der Waals surface area contributed by atoms with Crippen molar-refractivity contribution in [3.63, 3.8) is 0 Å². The molecule has 43 heavy (non-hydrogen) atoms. The summed E-state index contributed by atoms with van der Waals surface area (Å²) in [5.74, 6) is 1.68. The molecule has 1 unspecified atom stereocenters. The van der Waals surface area contributed by atoms with Crippen LogP contribution in [-0.2, 0) is 14.7 Å². The molecule has 5 heteroatoms. The first-order valence-electron chi connectivity index (χ1n) is 14.8. The lowest BCUT2D eigenvalue weighted by molar-refractivity contribution is 0.00578. The van der Waals surface area contributed by atoms with Crippen LogP contribution in [0.4, 0.5) is 0 Å². The number of hydrogen-bond donors (Lipinski definition) is 0. The maximum absolute atomic E-state index is 9.35. The molecule has 2 aliphatic heterocycles. The predicted octanol–water partition coefficient (Wildman–Crippen LogP) is 7.99. The summed E-state index contributed by atoms with van der Waals surface area (Å²) in [5, 5.41) is 9.35. The SMILES string of the molecule is CC1(C)OB(c2ccc3c(c2)C2(c4ccccc4Oc4ccc(-c5ccc(C#N)cc5)cc42)c2ccccc2-3)OC1(C)C. The average Bonchev–Trinajstić information content (AvgIpc) is 3.43. The van der Waals surface area contributed by atoms with Crippen molar-refractivity contribution < 1.29 is 14.0 Å². The van der Waals surface area contributed by atoms with Gasteiger partial charge >= 0.3 is 7.12 Å². The monoisotopic (exact) mass is 559 g/mol. The first-order chi connectivity index (χ1) is 20.7. The molecule has 5 aromatic carbocycles. The molecule has 1 fully saturated rings. The molecular formula is C38H30BNO3. The Bertz CT molecular complexity index is 1970. The topological polar surface area (TPSA) is 51.5 Å². The highest BCUT2D eigenvalue weighted by Crippen LogP contribution is 2.62. The molecule has 1 atom stereocenters. The van der Waals surface area contributed by atoms with Crippen molar-refractivity contribution in [2.45, 2.75) is 44.3 Å². The van der Waals surface area contributed by atoms with E-state index in [4.69, 9.17) is 14.0 Å². The highest BCUT2D eigenvalue weighted by molar-refractivity contribution is 6.62. The number of rotatable bonds is 2. The lowest BCUT2D eigenvalue weighted by atomic mass is 9.64. The molecule has 2 heterocycles. The van der Waals surface area contributed by atoms with E-state index in [1.165, 1.54) is 22.3 Å². The van der Waals surface area contributed by atoms with Crippen LogP contribution in [0.1, 0.15) is 55.5 Å². The minimum atomic E-state index is -0.613. The minimum absolute atomic E-state index is 0.439. The molecule has 1 spiro atoms. The first-order valence-corrected chi connectivity index (χ1v) is 14.8. The number of para-hydroxylation sites is 1. The summed E-state index contributed by atoms with van der Waals surface area (Å²) in [4.78, 5) is 0. The van der Waals surface area contributed by atoms with Gasteiger partial charge in [0.1, 0.15) is 11.5 Å². The Morgan fingerprint density at radius 2 is 1.21 bits per heavy atom. The van der Waals surface area contributed by atoms with E-state index in [9.17, 15) is 5.26 Å². The Labute approximate surface area is 252 Å². The van der Waals surface area contributed by atoms with Crippen LogP contribution >= 0.6 is 0 Å². The van der Waals surface area contributed by atoms with Gasteiger partial charge in [0.2, 0.25) is 0 Å². The van der Waals surface area contributed by atoms with Crippen LogP contribution in [0.2, 0.25) is 0 Å². The fourth-order valence-corrected chi connectivity index (χ4v) is 6.96. The van der Waals surface area contributed by atoms with E-state index in [1.54, 1.807) is 0 Å². The Hall–Kier alpha value is -4.63. The molecule has 0 amide bonds. The Morgan fingerprint density at radius 1 is 0.581 bits per heavy atom. The van der Waals surface area contributed by atoms with Crippen LogP contribution in [0.3, 0.4) is 0 Å². The lowest BCUT2D eigenvalue weighted by Gasteiger charge is -2.39. The standard InChI is InChI=1S/C38H30BNO3/c1-36(2)37(3,4)43-39(42-36)27-18-19-29-28-9-5-6-10-30(28)38(32(29)22-27)31-11-7-8-12-34(31)41-35-20-17-26(21-33(35)38)25-15-13-24(23-40)14-16-25/h5-22H,1-4H3. The summed E-state index contributed by atoms with van der Waals surface area (Å²) in [6, 6.07) is 40.2. The molecule has 4 nitrogen and oxygen atoms in total. The summed E-state index contributed by atoms with van der Waals surface area (Å²) < 4.78 is 19.7. The number of benzene rings is 5. The van der Waals surface area contributed by atoms with Gasteiger partial charge in [-0.3, -0.25) is 0 Å². The normalized spacial score (nSPS) is 20.0. The van der Waals surface area contributed by atoms with Crippen molar-refractivity contribution in [3.05, 3.63) is 137 Å². The van der Waals surface area contributed by atoms with Gasteiger partial charge in [-0.2, -0.15) is 5.26 Å². The van der Waals surface area contributed by atoms with Gasteiger partial charge < -0.3 is 14.0 Å². The second kappa shape index (κ2) is 8.94. The van der Waals surface area contributed by atoms with Gasteiger partial charge in [0.15, 0.2) is 0 Å². The van der Waals surface area contributed by atoms with Gasteiger partial charge in [-0.25, -0.2) is 0 Å². The zero-order chi connectivity index (χ0) is 29.6. The van der Waals surface area contributed by atoms with E-state index in [0.29, 0.717) is 5.56 Å². The molecule has 0 saturated carbocycles. The van der Waals surface area contributed by atoms with E-state index >= 15 is 0 Å². The van der Waals surface area contributed by atoms with E-state index < -0.39 is 23.7 Å². The molecule has 3 aliphatic rings. The third kappa shape index (κ3) is 3.58. The largest absolute Gasteiger partial charge is 0.494 e. The fourth-order valence-electron chi connectivity index (χ4n) is 6.96. The number of fused-ring (bicyclic) bond motifs is 9.